The van der Waals surface area contributed by atoms with Gasteiger partial charge in [0.1, 0.15) is 6.04 Å². The lowest BCUT2D eigenvalue weighted by Gasteiger charge is -2.16. The second-order valence-corrected chi connectivity index (χ2v) is 3.50. The summed E-state index contributed by atoms with van der Waals surface area (Å²) in [6.07, 6.45) is 1.96. The van der Waals surface area contributed by atoms with E-state index in [1.165, 1.54) is 0 Å². The Morgan fingerprint density at radius 2 is 1.93 bits per heavy atom. The molecule has 1 amide bonds. The molecular formula is C10H19NO3. The minimum absolute atomic E-state index is 0.117. The average molecular weight is 201 g/mol. The first-order valence-corrected chi connectivity index (χ1v) is 5.06. The van der Waals surface area contributed by atoms with Crippen LogP contribution in [0, 0.1) is 5.92 Å². The number of carboxylic acids is 1. The number of carboxylic acid groups (broad SMARTS) is 1. The van der Waals surface area contributed by atoms with Crippen LogP contribution in [0.5, 0.6) is 0 Å². The topological polar surface area (TPSA) is 66.4 Å². The van der Waals surface area contributed by atoms with E-state index in [0.29, 0.717) is 6.42 Å². The number of amides is 1. The molecule has 0 aromatic heterocycles. The lowest BCUT2D eigenvalue weighted by molar-refractivity contribution is -0.142. The summed E-state index contributed by atoms with van der Waals surface area (Å²) >= 11 is 0. The highest BCUT2D eigenvalue weighted by atomic mass is 16.4. The number of carbonyl (C=O) groups is 2. The summed E-state index contributed by atoms with van der Waals surface area (Å²) in [6.45, 7) is 5.59. The highest BCUT2D eigenvalue weighted by Gasteiger charge is 2.20. The summed E-state index contributed by atoms with van der Waals surface area (Å²) in [5, 5.41) is 11.3. The van der Waals surface area contributed by atoms with Crippen LogP contribution in [0.25, 0.3) is 0 Å². The zero-order chi connectivity index (χ0) is 11.1. The van der Waals surface area contributed by atoms with Gasteiger partial charge in [0, 0.05) is 5.92 Å². The molecule has 82 valence electrons. The SMILES string of the molecule is CCCC(NC(=O)C(C)CC)C(=O)O. The number of hydrogen-bond acceptors (Lipinski definition) is 2. The first kappa shape index (κ1) is 12.9. The zero-order valence-electron chi connectivity index (χ0n) is 9.04. The van der Waals surface area contributed by atoms with Gasteiger partial charge in [-0.3, -0.25) is 4.79 Å². The minimum atomic E-state index is -0.955. The second kappa shape index (κ2) is 6.40. The highest BCUT2D eigenvalue weighted by molar-refractivity contribution is 5.84. The molecule has 0 saturated heterocycles. The molecule has 0 aliphatic rings. The van der Waals surface area contributed by atoms with Gasteiger partial charge in [-0.2, -0.15) is 0 Å². The Hall–Kier alpha value is -1.06. The van der Waals surface area contributed by atoms with Gasteiger partial charge in [0.15, 0.2) is 0 Å². The van der Waals surface area contributed by atoms with Crippen molar-refractivity contribution in [2.24, 2.45) is 5.92 Å². The van der Waals surface area contributed by atoms with E-state index in [1.54, 1.807) is 6.92 Å². The normalized spacial score (nSPS) is 14.5. The maximum atomic E-state index is 11.4. The van der Waals surface area contributed by atoms with Gasteiger partial charge in [0.05, 0.1) is 0 Å². The number of rotatable bonds is 6. The van der Waals surface area contributed by atoms with Crippen molar-refractivity contribution in [1.29, 1.82) is 0 Å². The Bertz CT molecular complexity index is 204. The molecule has 0 saturated carbocycles. The number of nitrogens with one attached hydrogen (secondary N) is 1. The van der Waals surface area contributed by atoms with E-state index < -0.39 is 12.0 Å². The zero-order valence-corrected chi connectivity index (χ0v) is 9.04. The third-order valence-corrected chi connectivity index (χ3v) is 2.25. The second-order valence-electron chi connectivity index (χ2n) is 3.50. The molecule has 0 aromatic carbocycles. The van der Waals surface area contributed by atoms with E-state index in [4.69, 9.17) is 5.11 Å². The van der Waals surface area contributed by atoms with E-state index in [0.717, 1.165) is 12.8 Å². The molecule has 0 fully saturated rings. The fraction of sp³-hybridized carbons (Fsp3) is 0.800. The van der Waals surface area contributed by atoms with Crippen molar-refractivity contribution >= 4 is 11.9 Å². The molecule has 0 aliphatic heterocycles. The Morgan fingerprint density at radius 1 is 1.36 bits per heavy atom. The van der Waals surface area contributed by atoms with E-state index in [1.807, 2.05) is 13.8 Å². The molecule has 2 N–H and O–H groups in total. The quantitative estimate of drug-likeness (QED) is 0.682. The summed E-state index contributed by atoms with van der Waals surface area (Å²) in [6, 6.07) is -0.735. The molecule has 2 atom stereocenters. The predicted octanol–water partition coefficient (Wildman–Crippen LogP) is 1.40. The highest BCUT2D eigenvalue weighted by Crippen LogP contribution is 2.03. The smallest absolute Gasteiger partial charge is 0.326 e. The lowest BCUT2D eigenvalue weighted by Crippen LogP contribution is -2.42. The van der Waals surface area contributed by atoms with Crippen molar-refractivity contribution in [2.45, 2.75) is 46.1 Å². The fourth-order valence-electron chi connectivity index (χ4n) is 1.05. The molecule has 14 heavy (non-hydrogen) atoms. The molecule has 0 bridgehead atoms. The van der Waals surface area contributed by atoms with E-state index in [2.05, 4.69) is 5.32 Å². The number of carbonyl (C=O) groups excluding carboxylic acids is 1. The molecule has 4 nitrogen and oxygen atoms in total. The monoisotopic (exact) mass is 201 g/mol. The van der Waals surface area contributed by atoms with Crippen LogP contribution in [-0.2, 0) is 9.59 Å². The largest absolute Gasteiger partial charge is 0.480 e. The van der Waals surface area contributed by atoms with Crippen LogP contribution in [0.4, 0.5) is 0 Å². The van der Waals surface area contributed by atoms with Crippen LogP contribution in [0.1, 0.15) is 40.0 Å². The van der Waals surface area contributed by atoms with Crippen LogP contribution in [0.3, 0.4) is 0 Å². The van der Waals surface area contributed by atoms with Gasteiger partial charge < -0.3 is 10.4 Å². The van der Waals surface area contributed by atoms with Crippen molar-refractivity contribution in [3.8, 4) is 0 Å². The molecule has 0 spiro atoms. The first-order valence-electron chi connectivity index (χ1n) is 5.06. The molecule has 4 heteroatoms. The van der Waals surface area contributed by atoms with Gasteiger partial charge in [-0.05, 0) is 12.8 Å². The van der Waals surface area contributed by atoms with Crippen molar-refractivity contribution in [3.05, 3.63) is 0 Å². The van der Waals surface area contributed by atoms with E-state index in [-0.39, 0.29) is 11.8 Å². The van der Waals surface area contributed by atoms with Crippen molar-refractivity contribution in [2.75, 3.05) is 0 Å². The third kappa shape index (κ3) is 4.25. The number of aliphatic carboxylic acids is 1. The van der Waals surface area contributed by atoms with Gasteiger partial charge in [0.25, 0.3) is 0 Å². The van der Waals surface area contributed by atoms with E-state index >= 15 is 0 Å². The van der Waals surface area contributed by atoms with Crippen LogP contribution < -0.4 is 5.32 Å². The lowest BCUT2D eigenvalue weighted by atomic mass is 10.1. The van der Waals surface area contributed by atoms with Gasteiger partial charge in [-0.1, -0.05) is 27.2 Å². The van der Waals surface area contributed by atoms with E-state index in [9.17, 15) is 9.59 Å². The van der Waals surface area contributed by atoms with Crippen molar-refractivity contribution in [3.63, 3.8) is 0 Å². The molecule has 0 aromatic rings. The van der Waals surface area contributed by atoms with Crippen molar-refractivity contribution < 1.29 is 14.7 Å². The van der Waals surface area contributed by atoms with Gasteiger partial charge in [0.2, 0.25) is 5.91 Å². The molecular weight excluding hydrogens is 182 g/mol. The molecule has 0 aliphatic carbocycles. The average Bonchev–Trinajstić information content (AvgIpc) is 2.15. The summed E-state index contributed by atoms with van der Waals surface area (Å²) < 4.78 is 0. The van der Waals surface area contributed by atoms with Gasteiger partial charge in [-0.15, -0.1) is 0 Å². The summed E-state index contributed by atoms with van der Waals surface area (Å²) in [4.78, 5) is 22.1. The summed E-state index contributed by atoms with van der Waals surface area (Å²) in [7, 11) is 0. The molecule has 0 heterocycles. The standard InChI is InChI=1S/C10H19NO3/c1-4-6-8(10(13)14)11-9(12)7(3)5-2/h7-8H,4-6H2,1-3H3,(H,11,12)(H,13,14). The predicted molar refractivity (Wildman–Crippen MR) is 53.9 cm³/mol. The van der Waals surface area contributed by atoms with Gasteiger partial charge >= 0.3 is 5.97 Å². The Kier molecular flexibility index (Phi) is 5.92. The van der Waals surface area contributed by atoms with Crippen LogP contribution >= 0.6 is 0 Å². The summed E-state index contributed by atoms with van der Waals surface area (Å²) in [5.74, 6) is -1.24. The Morgan fingerprint density at radius 3 is 2.29 bits per heavy atom. The van der Waals surface area contributed by atoms with Crippen LogP contribution in [-0.4, -0.2) is 23.0 Å². The maximum absolute atomic E-state index is 11.4. The molecule has 0 radical (unpaired) electrons. The Balaban J connectivity index is 4.15. The van der Waals surface area contributed by atoms with Crippen molar-refractivity contribution in [1.82, 2.24) is 5.32 Å². The summed E-state index contributed by atoms with van der Waals surface area (Å²) in [5.41, 5.74) is 0. The van der Waals surface area contributed by atoms with Crippen LogP contribution in [0.15, 0.2) is 0 Å². The minimum Gasteiger partial charge on any atom is -0.480 e. The first-order chi connectivity index (χ1) is 6.52. The van der Waals surface area contributed by atoms with Gasteiger partial charge in [-0.25, -0.2) is 4.79 Å². The Labute approximate surface area is 84.7 Å². The van der Waals surface area contributed by atoms with Crippen LogP contribution in [0.2, 0.25) is 0 Å². The fourth-order valence-corrected chi connectivity index (χ4v) is 1.05. The third-order valence-electron chi connectivity index (χ3n) is 2.25. The maximum Gasteiger partial charge on any atom is 0.326 e. The number of hydrogen-bond donors (Lipinski definition) is 2. The molecule has 0 rings (SSSR count). The molecule has 2 unspecified atom stereocenters.